The average Bonchev–Trinajstić information content (AvgIpc) is 2.80. The third-order valence-electron chi connectivity index (χ3n) is 6.46. The molecule has 2 nitrogen and oxygen atoms in total. The predicted molar refractivity (Wildman–Crippen MR) is 147 cm³/mol. The van der Waals surface area contributed by atoms with Crippen LogP contribution in [-0.4, -0.2) is 7.11 Å². The van der Waals surface area contributed by atoms with Gasteiger partial charge in [-0.15, -0.1) is 0 Å². The fourth-order valence-electron chi connectivity index (χ4n) is 4.46. The summed E-state index contributed by atoms with van der Waals surface area (Å²) >= 11 is 0. The maximum absolute atomic E-state index is 5.48. The standard InChI is InChI=1S/C32H40NO/c1-9-27-17-24(5)28(18-23(27)4)13-15-30-11-10-12-31(33(30)21-22(2)3)16-14-29-19-26(7)32(34-8)20-25(29)6/h10-20,22H,9,21H2,1-8H3/q+1/b15-13+,16-14+. The Kier molecular flexibility index (Phi) is 8.50. The molecular formula is C32H40NO+. The Bertz CT molecular complexity index is 1130. The molecule has 3 aromatic rings. The van der Waals surface area contributed by atoms with Gasteiger partial charge in [0.2, 0.25) is 11.4 Å². The highest BCUT2D eigenvalue weighted by Gasteiger charge is 2.15. The van der Waals surface area contributed by atoms with E-state index in [-0.39, 0.29) is 0 Å². The third kappa shape index (κ3) is 6.05. The van der Waals surface area contributed by atoms with Gasteiger partial charge in [0, 0.05) is 30.2 Å². The molecule has 2 heteroatoms. The fraction of sp³-hybridized carbons (Fsp3) is 0.344. The smallest absolute Gasteiger partial charge is 0.205 e. The number of hydrogen-bond acceptors (Lipinski definition) is 1. The van der Waals surface area contributed by atoms with E-state index >= 15 is 0 Å². The van der Waals surface area contributed by atoms with Crippen molar-refractivity contribution in [2.24, 2.45) is 5.92 Å². The number of methoxy groups -OCH3 is 1. The summed E-state index contributed by atoms with van der Waals surface area (Å²) in [6.07, 6.45) is 10.1. The van der Waals surface area contributed by atoms with Crippen LogP contribution in [0, 0.1) is 33.6 Å². The molecule has 34 heavy (non-hydrogen) atoms. The summed E-state index contributed by atoms with van der Waals surface area (Å²) in [5.74, 6) is 1.48. The molecular weight excluding hydrogens is 414 g/mol. The summed E-state index contributed by atoms with van der Waals surface area (Å²) in [6.45, 7) is 16.4. The van der Waals surface area contributed by atoms with Crippen LogP contribution in [0.4, 0.5) is 0 Å². The Hall–Kier alpha value is -3.13. The largest absolute Gasteiger partial charge is 0.496 e. The molecule has 0 aliphatic rings. The third-order valence-corrected chi connectivity index (χ3v) is 6.46. The van der Waals surface area contributed by atoms with Crippen LogP contribution >= 0.6 is 0 Å². The van der Waals surface area contributed by atoms with Gasteiger partial charge in [-0.2, -0.15) is 4.57 Å². The van der Waals surface area contributed by atoms with Crippen LogP contribution in [0.25, 0.3) is 24.3 Å². The van der Waals surface area contributed by atoms with Crippen LogP contribution in [0.15, 0.2) is 42.5 Å². The van der Waals surface area contributed by atoms with Gasteiger partial charge in [0.15, 0.2) is 6.54 Å². The summed E-state index contributed by atoms with van der Waals surface area (Å²) in [5, 5.41) is 0. The molecule has 0 amide bonds. The number of hydrogen-bond donors (Lipinski definition) is 0. The minimum Gasteiger partial charge on any atom is -0.496 e. The molecule has 178 valence electrons. The van der Waals surface area contributed by atoms with Gasteiger partial charge in [-0.25, -0.2) is 0 Å². The Morgan fingerprint density at radius 2 is 1.32 bits per heavy atom. The molecule has 0 atom stereocenters. The van der Waals surface area contributed by atoms with Crippen LogP contribution in [-0.2, 0) is 13.0 Å². The lowest BCUT2D eigenvalue weighted by Crippen LogP contribution is -2.42. The van der Waals surface area contributed by atoms with Crippen LogP contribution in [0.3, 0.4) is 0 Å². The molecule has 0 aliphatic heterocycles. The topological polar surface area (TPSA) is 13.1 Å². The summed E-state index contributed by atoms with van der Waals surface area (Å²) in [7, 11) is 1.73. The highest BCUT2D eigenvalue weighted by Crippen LogP contribution is 2.24. The molecule has 2 aromatic carbocycles. The zero-order valence-electron chi connectivity index (χ0n) is 22.2. The van der Waals surface area contributed by atoms with E-state index in [0.29, 0.717) is 5.92 Å². The first kappa shape index (κ1) is 25.5. The highest BCUT2D eigenvalue weighted by atomic mass is 16.5. The summed E-state index contributed by atoms with van der Waals surface area (Å²) in [6, 6.07) is 15.5. The quantitative estimate of drug-likeness (QED) is 0.317. The number of benzene rings is 2. The Labute approximate surface area is 206 Å². The Balaban J connectivity index is 2.00. The van der Waals surface area contributed by atoms with E-state index in [1.54, 1.807) is 7.11 Å². The van der Waals surface area contributed by atoms with E-state index in [9.17, 15) is 0 Å². The van der Waals surface area contributed by atoms with E-state index in [2.05, 4.69) is 120 Å². The van der Waals surface area contributed by atoms with E-state index in [4.69, 9.17) is 4.74 Å². The fourth-order valence-corrected chi connectivity index (χ4v) is 4.46. The minimum atomic E-state index is 0.546. The summed E-state index contributed by atoms with van der Waals surface area (Å²) in [5.41, 5.74) is 11.4. The van der Waals surface area contributed by atoms with Gasteiger partial charge in [0.25, 0.3) is 0 Å². The Morgan fingerprint density at radius 1 is 0.765 bits per heavy atom. The molecule has 0 radical (unpaired) electrons. The molecule has 3 rings (SSSR count). The lowest BCUT2D eigenvalue weighted by molar-refractivity contribution is -0.705. The van der Waals surface area contributed by atoms with Crippen LogP contribution in [0.5, 0.6) is 5.75 Å². The zero-order chi connectivity index (χ0) is 24.8. The molecule has 0 saturated carbocycles. The van der Waals surface area contributed by atoms with E-state index in [1.807, 2.05) is 0 Å². The second kappa shape index (κ2) is 11.3. The maximum atomic E-state index is 5.48. The molecule has 0 N–H and O–H groups in total. The highest BCUT2D eigenvalue weighted by molar-refractivity contribution is 5.72. The van der Waals surface area contributed by atoms with Crippen LogP contribution in [0.2, 0.25) is 0 Å². The van der Waals surface area contributed by atoms with Crippen molar-refractivity contribution in [3.63, 3.8) is 0 Å². The predicted octanol–water partition coefficient (Wildman–Crippen LogP) is 7.78. The number of aryl methyl sites for hydroxylation is 5. The second-order valence-corrected chi connectivity index (χ2v) is 9.71. The van der Waals surface area contributed by atoms with Crippen molar-refractivity contribution in [3.05, 3.63) is 92.8 Å². The molecule has 0 bridgehead atoms. The van der Waals surface area contributed by atoms with E-state index < -0.39 is 0 Å². The molecule has 0 spiro atoms. The lowest BCUT2D eigenvalue weighted by atomic mass is 9.98. The lowest BCUT2D eigenvalue weighted by Gasteiger charge is -2.10. The summed E-state index contributed by atoms with van der Waals surface area (Å²) in [4.78, 5) is 0. The van der Waals surface area contributed by atoms with Crippen molar-refractivity contribution in [3.8, 4) is 5.75 Å². The first-order valence-corrected chi connectivity index (χ1v) is 12.4. The van der Waals surface area contributed by atoms with Gasteiger partial charge < -0.3 is 4.74 Å². The molecule has 1 aromatic heterocycles. The first-order chi connectivity index (χ1) is 16.2. The number of ether oxygens (including phenoxy) is 1. The van der Waals surface area contributed by atoms with Crippen LogP contribution in [0.1, 0.15) is 71.1 Å². The Morgan fingerprint density at radius 3 is 1.85 bits per heavy atom. The normalized spacial score (nSPS) is 11.8. The average molecular weight is 455 g/mol. The van der Waals surface area contributed by atoms with E-state index in [0.717, 1.165) is 24.3 Å². The molecule has 0 saturated heterocycles. The molecule has 0 aliphatic carbocycles. The summed E-state index contributed by atoms with van der Waals surface area (Å²) < 4.78 is 7.90. The van der Waals surface area contributed by atoms with Crippen molar-refractivity contribution in [2.45, 2.75) is 61.4 Å². The van der Waals surface area contributed by atoms with Gasteiger partial charge >= 0.3 is 0 Å². The number of pyridine rings is 1. The zero-order valence-corrected chi connectivity index (χ0v) is 22.2. The molecule has 0 unspecified atom stereocenters. The number of nitrogens with zero attached hydrogens (tertiary/aromatic N) is 1. The van der Waals surface area contributed by atoms with Crippen molar-refractivity contribution in [1.29, 1.82) is 0 Å². The van der Waals surface area contributed by atoms with Crippen molar-refractivity contribution < 1.29 is 9.30 Å². The van der Waals surface area contributed by atoms with Gasteiger partial charge in [0.05, 0.1) is 7.11 Å². The van der Waals surface area contributed by atoms with Gasteiger partial charge in [-0.3, -0.25) is 0 Å². The van der Waals surface area contributed by atoms with Crippen LogP contribution < -0.4 is 9.30 Å². The van der Waals surface area contributed by atoms with Crippen molar-refractivity contribution in [1.82, 2.24) is 0 Å². The molecule has 1 heterocycles. The monoisotopic (exact) mass is 454 g/mol. The van der Waals surface area contributed by atoms with Crippen molar-refractivity contribution >= 4 is 24.3 Å². The minimum absolute atomic E-state index is 0.546. The maximum Gasteiger partial charge on any atom is 0.205 e. The first-order valence-electron chi connectivity index (χ1n) is 12.4. The number of aromatic nitrogens is 1. The molecule has 0 fully saturated rings. The van der Waals surface area contributed by atoms with Gasteiger partial charge in [-0.1, -0.05) is 32.9 Å². The SMILES string of the molecule is CCc1cc(C)c(/C=C/c2cccc(/C=C/c3cc(C)c(OC)cc3C)[n+]2CC(C)C)cc1C. The number of rotatable bonds is 8. The van der Waals surface area contributed by atoms with Crippen molar-refractivity contribution in [2.75, 3.05) is 7.11 Å². The van der Waals surface area contributed by atoms with Gasteiger partial charge in [-0.05, 0) is 103 Å². The van der Waals surface area contributed by atoms with E-state index in [1.165, 1.54) is 44.8 Å². The second-order valence-electron chi connectivity index (χ2n) is 9.71. The van der Waals surface area contributed by atoms with Gasteiger partial charge in [0.1, 0.15) is 5.75 Å².